The number of amides is 2. The Balaban J connectivity index is 2.55. The zero-order valence-electron chi connectivity index (χ0n) is 16.8. The summed E-state index contributed by atoms with van der Waals surface area (Å²) in [6.45, 7) is 6.00. The quantitative estimate of drug-likeness (QED) is 0.512. The van der Waals surface area contributed by atoms with Crippen molar-refractivity contribution in [1.29, 1.82) is 0 Å². The maximum Gasteiger partial charge on any atom is 0.246 e. The smallest absolute Gasteiger partial charge is 0.246 e. The number of carbonyl (C=O) groups is 3. The van der Waals surface area contributed by atoms with E-state index >= 15 is 0 Å². The Bertz CT molecular complexity index is 588. The largest absolute Gasteiger partial charge is 0.344 e. The summed E-state index contributed by atoms with van der Waals surface area (Å²) in [6.07, 6.45) is 8.61. The molecule has 0 aliphatic rings. The average molecular weight is 376 g/mol. The lowest BCUT2D eigenvalue weighted by Crippen LogP contribution is -2.43. The topological polar surface area (TPSA) is 88.2 Å². The lowest BCUT2D eigenvalue weighted by molar-refractivity contribution is -0.126. The Kier molecular flexibility index (Phi) is 11.0. The molecule has 0 unspecified atom stereocenters. The summed E-state index contributed by atoms with van der Waals surface area (Å²) in [5.41, 5.74) is 0.609. The molecule has 0 spiro atoms. The van der Waals surface area contributed by atoms with Crippen molar-refractivity contribution in [2.24, 2.45) is 5.92 Å². The van der Waals surface area contributed by atoms with Crippen molar-refractivity contribution >= 4 is 23.3 Å². The maximum absolute atomic E-state index is 12.6. The van der Waals surface area contributed by atoms with Crippen LogP contribution in [0.4, 0.5) is 5.69 Å². The number of anilines is 1. The molecule has 0 bridgehead atoms. The molecule has 1 rings (SSSR count). The predicted octanol–water partition coefficient (Wildman–Crippen LogP) is 3.87. The summed E-state index contributed by atoms with van der Waals surface area (Å²) in [5, 5.41) is 5.68. The molecule has 6 heteroatoms. The van der Waals surface area contributed by atoms with Crippen LogP contribution in [0.1, 0.15) is 72.1 Å². The molecule has 0 aliphatic carbocycles. The highest BCUT2D eigenvalue weighted by Crippen LogP contribution is 2.11. The fourth-order valence-corrected chi connectivity index (χ4v) is 2.65. The van der Waals surface area contributed by atoms with Crippen LogP contribution < -0.4 is 10.6 Å². The molecule has 0 aromatic carbocycles. The van der Waals surface area contributed by atoms with Crippen LogP contribution in [0.25, 0.3) is 0 Å². The van der Waals surface area contributed by atoms with Gasteiger partial charge in [0.05, 0.1) is 11.9 Å². The van der Waals surface area contributed by atoms with Crippen molar-refractivity contribution in [3.05, 3.63) is 24.5 Å². The van der Waals surface area contributed by atoms with Gasteiger partial charge in [-0.05, 0) is 37.3 Å². The number of rotatable bonds is 13. The van der Waals surface area contributed by atoms with Gasteiger partial charge in [-0.15, -0.1) is 0 Å². The molecule has 6 nitrogen and oxygen atoms in total. The first kappa shape index (κ1) is 22.8. The first-order valence-corrected chi connectivity index (χ1v) is 9.94. The van der Waals surface area contributed by atoms with Gasteiger partial charge in [0.25, 0.3) is 0 Å². The molecule has 1 aromatic rings. The molecule has 0 aliphatic heterocycles. The summed E-state index contributed by atoms with van der Waals surface area (Å²) in [5.74, 6) is 0.374. The van der Waals surface area contributed by atoms with E-state index in [1.807, 2.05) is 6.92 Å². The minimum absolute atomic E-state index is 0.101. The standard InChI is InChI=1S/C21H33N3O3/c1-4-18(25)10-6-5-7-11-19(24-20(26)13-12-16(2)3)21(27)23-17-9-8-14-22-15-17/h8-9,14-16,19H,4-7,10-13H2,1-3H3,(H,23,27)(H,24,26)/t19-/m0/s1. The Morgan fingerprint density at radius 1 is 1.07 bits per heavy atom. The van der Waals surface area contributed by atoms with Crippen molar-refractivity contribution in [3.8, 4) is 0 Å². The van der Waals surface area contributed by atoms with Gasteiger partial charge in [-0.3, -0.25) is 19.4 Å². The van der Waals surface area contributed by atoms with Crippen LogP contribution >= 0.6 is 0 Å². The summed E-state index contributed by atoms with van der Waals surface area (Å²) < 4.78 is 0. The number of hydrogen-bond acceptors (Lipinski definition) is 4. The summed E-state index contributed by atoms with van der Waals surface area (Å²) in [4.78, 5) is 40.1. The van der Waals surface area contributed by atoms with Crippen LogP contribution in [0.15, 0.2) is 24.5 Å². The Labute approximate surface area is 162 Å². The highest BCUT2D eigenvalue weighted by Gasteiger charge is 2.20. The Hall–Kier alpha value is -2.24. The van der Waals surface area contributed by atoms with Crippen LogP contribution in [0.3, 0.4) is 0 Å². The fourth-order valence-electron chi connectivity index (χ4n) is 2.65. The van der Waals surface area contributed by atoms with Gasteiger partial charge in [0.1, 0.15) is 11.8 Å². The second-order valence-electron chi connectivity index (χ2n) is 7.28. The molecule has 0 fully saturated rings. The van der Waals surface area contributed by atoms with Crippen molar-refractivity contribution < 1.29 is 14.4 Å². The first-order chi connectivity index (χ1) is 12.9. The minimum Gasteiger partial charge on any atom is -0.344 e. The van der Waals surface area contributed by atoms with Crippen molar-refractivity contribution in [1.82, 2.24) is 10.3 Å². The van der Waals surface area contributed by atoms with E-state index < -0.39 is 6.04 Å². The first-order valence-electron chi connectivity index (χ1n) is 9.94. The average Bonchev–Trinajstić information content (AvgIpc) is 2.65. The van der Waals surface area contributed by atoms with Crippen LogP contribution in [-0.2, 0) is 14.4 Å². The van der Waals surface area contributed by atoms with E-state index in [4.69, 9.17) is 0 Å². The number of ketones is 1. The van der Waals surface area contributed by atoms with Gasteiger partial charge in [-0.2, -0.15) is 0 Å². The summed E-state index contributed by atoms with van der Waals surface area (Å²) >= 11 is 0. The monoisotopic (exact) mass is 375 g/mol. The number of pyridine rings is 1. The van der Waals surface area contributed by atoms with Crippen LogP contribution in [0.2, 0.25) is 0 Å². The second kappa shape index (κ2) is 13.0. The van der Waals surface area contributed by atoms with E-state index in [-0.39, 0.29) is 17.6 Å². The molecule has 1 heterocycles. The number of Topliss-reactive ketones (excluding diaryl/α,β-unsaturated/α-hetero) is 1. The number of aromatic nitrogens is 1. The zero-order chi connectivity index (χ0) is 20.1. The molecule has 0 saturated heterocycles. The highest BCUT2D eigenvalue weighted by molar-refractivity contribution is 5.97. The maximum atomic E-state index is 12.6. The molecule has 1 aromatic heterocycles. The van der Waals surface area contributed by atoms with E-state index in [1.165, 1.54) is 0 Å². The molecule has 2 N–H and O–H groups in total. The third-order valence-corrected chi connectivity index (χ3v) is 4.37. The third kappa shape index (κ3) is 10.5. The van der Waals surface area contributed by atoms with Gasteiger partial charge in [-0.1, -0.05) is 33.6 Å². The number of nitrogens with one attached hydrogen (secondary N) is 2. The summed E-state index contributed by atoms with van der Waals surface area (Å²) in [6, 6.07) is 2.93. The normalized spacial score (nSPS) is 11.9. The van der Waals surface area contributed by atoms with Crippen molar-refractivity contribution in [3.63, 3.8) is 0 Å². The van der Waals surface area contributed by atoms with E-state index in [0.29, 0.717) is 37.3 Å². The van der Waals surface area contributed by atoms with E-state index in [9.17, 15) is 14.4 Å². The van der Waals surface area contributed by atoms with E-state index in [0.717, 1.165) is 25.7 Å². The SMILES string of the molecule is CCC(=O)CCCCC[C@H](NC(=O)CCC(C)C)C(=O)Nc1cccnc1. The lowest BCUT2D eigenvalue weighted by Gasteiger charge is -2.19. The van der Waals surface area contributed by atoms with Gasteiger partial charge < -0.3 is 10.6 Å². The number of nitrogens with zero attached hydrogens (tertiary/aromatic N) is 1. The number of hydrogen-bond donors (Lipinski definition) is 2. The van der Waals surface area contributed by atoms with E-state index in [2.05, 4.69) is 29.5 Å². The fraction of sp³-hybridized carbons (Fsp3) is 0.619. The molecule has 150 valence electrons. The van der Waals surface area contributed by atoms with Crippen molar-refractivity contribution in [2.45, 2.75) is 78.2 Å². The molecule has 27 heavy (non-hydrogen) atoms. The van der Waals surface area contributed by atoms with Gasteiger partial charge in [0.15, 0.2) is 0 Å². The Morgan fingerprint density at radius 2 is 1.85 bits per heavy atom. The van der Waals surface area contributed by atoms with Crippen LogP contribution in [0, 0.1) is 5.92 Å². The zero-order valence-corrected chi connectivity index (χ0v) is 16.8. The number of carbonyl (C=O) groups excluding carboxylic acids is 3. The predicted molar refractivity (Wildman–Crippen MR) is 107 cm³/mol. The molecule has 0 radical (unpaired) electrons. The molecule has 0 saturated carbocycles. The Morgan fingerprint density at radius 3 is 2.48 bits per heavy atom. The van der Waals surface area contributed by atoms with E-state index in [1.54, 1.807) is 24.5 Å². The van der Waals surface area contributed by atoms with Crippen LogP contribution in [0.5, 0.6) is 0 Å². The van der Waals surface area contributed by atoms with Gasteiger partial charge in [-0.25, -0.2) is 0 Å². The summed E-state index contributed by atoms with van der Waals surface area (Å²) in [7, 11) is 0. The lowest BCUT2D eigenvalue weighted by atomic mass is 10.0. The van der Waals surface area contributed by atoms with Gasteiger partial charge in [0, 0.05) is 25.5 Å². The van der Waals surface area contributed by atoms with Gasteiger partial charge >= 0.3 is 0 Å². The third-order valence-electron chi connectivity index (χ3n) is 4.37. The van der Waals surface area contributed by atoms with Gasteiger partial charge in [0.2, 0.25) is 11.8 Å². The van der Waals surface area contributed by atoms with Crippen molar-refractivity contribution in [2.75, 3.05) is 5.32 Å². The molecule has 1 atom stereocenters. The second-order valence-corrected chi connectivity index (χ2v) is 7.28. The minimum atomic E-state index is -0.577. The molecular weight excluding hydrogens is 342 g/mol. The van der Waals surface area contributed by atoms with Crippen LogP contribution in [-0.4, -0.2) is 28.6 Å². The number of unbranched alkanes of at least 4 members (excludes halogenated alkanes) is 2. The molecule has 2 amide bonds. The molecular formula is C21H33N3O3. The highest BCUT2D eigenvalue weighted by atomic mass is 16.2.